The molecule has 3 aliphatic carbocycles. The zero-order valence-corrected chi connectivity index (χ0v) is 24.7. The third kappa shape index (κ3) is 4.16. The molecular weight excluding hydrogens is 548 g/mol. The van der Waals surface area contributed by atoms with Gasteiger partial charge < -0.3 is 39.4 Å². The second-order valence-corrected chi connectivity index (χ2v) is 13.0. The van der Waals surface area contributed by atoms with Crippen LogP contribution >= 0.6 is 0 Å². The summed E-state index contributed by atoms with van der Waals surface area (Å²) in [5.41, 5.74) is -5.82. The van der Waals surface area contributed by atoms with E-state index in [1.807, 2.05) is 0 Å². The lowest BCUT2D eigenvalue weighted by molar-refractivity contribution is -0.351. The molecule has 1 aliphatic heterocycles. The Morgan fingerprint density at radius 1 is 1.02 bits per heavy atom. The summed E-state index contributed by atoms with van der Waals surface area (Å²) in [5, 5.41) is 47.4. The van der Waals surface area contributed by atoms with Gasteiger partial charge in [0, 0.05) is 25.7 Å². The highest BCUT2D eigenvalue weighted by Gasteiger charge is 2.79. The number of esters is 3. The number of aliphatic hydroxyl groups excluding tert-OH is 3. The van der Waals surface area contributed by atoms with Gasteiger partial charge in [-0.3, -0.25) is 9.59 Å². The Balaban J connectivity index is 1.87. The highest BCUT2D eigenvalue weighted by atomic mass is 16.6. The fraction of sp³-hybridized carbons (Fsp3) is 0.645. The predicted molar refractivity (Wildman–Crippen MR) is 146 cm³/mol. The molecule has 4 N–H and O–H groups in total. The van der Waals surface area contributed by atoms with Crippen molar-refractivity contribution in [2.75, 3.05) is 6.61 Å². The fourth-order valence-corrected chi connectivity index (χ4v) is 8.27. The lowest BCUT2D eigenvalue weighted by Gasteiger charge is -2.65. The molecule has 4 aliphatic rings. The number of fused-ring (bicyclic) bond motifs is 4. The fourth-order valence-electron chi connectivity index (χ4n) is 8.27. The predicted octanol–water partition coefficient (Wildman–Crippen LogP) is 1.44. The first-order valence-corrected chi connectivity index (χ1v) is 14.2. The largest absolute Gasteiger partial charge is 0.457 e. The van der Waals surface area contributed by atoms with Crippen LogP contribution in [0.3, 0.4) is 0 Å². The number of ether oxygens (including phenoxy) is 4. The van der Waals surface area contributed by atoms with Crippen LogP contribution in [-0.2, 0) is 28.5 Å². The van der Waals surface area contributed by atoms with Gasteiger partial charge in [-0.05, 0) is 50.5 Å². The van der Waals surface area contributed by atoms with Gasteiger partial charge in [0.1, 0.15) is 18.3 Å². The summed E-state index contributed by atoms with van der Waals surface area (Å²) in [7, 11) is 0. The van der Waals surface area contributed by atoms with Crippen molar-refractivity contribution in [3.8, 4) is 0 Å². The van der Waals surface area contributed by atoms with Crippen LogP contribution in [-0.4, -0.2) is 92.8 Å². The minimum atomic E-state index is -1.77. The van der Waals surface area contributed by atoms with E-state index in [0.29, 0.717) is 5.57 Å². The van der Waals surface area contributed by atoms with E-state index < -0.39 is 82.5 Å². The van der Waals surface area contributed by atoms with Crippen molar-refractivity contribution in [3.05, 3.63) is 47.0 Å². The summed E-state index contributed by atoms with van der Waals surface area (Å²) >= 11 is 0. The zero-order chi connectivity index (χ0) is 31.0. The van der Waals surface area contributed by atoms with Crippen LogP contribution in [0.25, 0.3) is 0 Å². The van der Waals surface area contributed by atoms with Crippen molar-refractivity contribution < 1.29 is 53.8 Å². The molecule has 0 amide bonds. The highest BCUT2D eigenvalue weighted by molar-refractivity contribution is 5.89. The van der Waals surface area contributed by atoms with Crippen molar-refractivity contribution in [3.63, 3.8) is 0 Å². The third-order valence-corrected chi connectivity index (χ3v) is 10.3. The Kier molecular flexibility index (Phi) is 7.38. The Labute approximate surface area is 244 Å². The first-order valence-electron chi connectivity index (χ1n) is 14.2. The second-order valence-electron chi connectivity index (χ2n) is 13.0. The van der Waals surface area contributed by atoms with Gasteiger partial charge in [-0.15, -0.1) is 0 Å². The number of carbonyl (C=O) groups excluding carboxylic acids is 3. The van der Waals surface area contributed by atoms with E-state index in [0.717, 1.165) is 0 Å². The summed E-state index contributed by atoms with van der Waals surface area (Å²) in [6.45, 7) is 8.45. The number of hydrogen-bond acceptors (Lipinski definition) is 11. The average Bonchev–Trinajstić information content (AvgIpc) is 3.14. The first-order chi connectivity index (χ1) is 19.5. The van der Waals surface area contributed by atoms with Gasteiger partial charge in [-0.2, -0.15) is 0 Å². The molecular formula is C31H40O11. The Bertz CT molecular complexity index is 1300. The van der Waals surface area contributed by atoms with Crippen LogP contribution in [0.15, 0.2) is 41.5 Å². The van der Waals surface area contributed by atoms with Crippen LogP contribution in [0.2, 0.25) is 0 Å². The number of benzene rings is 1. The molecule has 42 heavy (non-hydrogen) atoms. The molecule has 5 rings (SSSR count). The van der Waals surface area contributed by atoms with E-state index in [1.54, 1.807) is 44.2 Å². The molecule has 3 fully saturated rings. The summed E-state index contributed by atoms with van der Waals surface area (Å²) < 4.78 is 24.0. The van der Waals surface area contributed by atoms with Crippen molar-refractivity contribution in [1.29, 1.82) is 0 Å². The number of hydrogen-bond donors (Lipinski definition) is 4. The monoisotopic (exact) mass is 588 g/mol. The highest BCUT2D eigenvalue weighted by Crippen LogP contribution is 2.68. The molecule has 11 nitrogen and oxygen atoms in total. The number of rotatable bonds is 5. The Morgan fingerprint density at radius 2 is 1.67 bits per heavy atom. The van der Waals surface area contributed by atoms with Gasteiger partial charge in [0.25, 0.3) is 0 Å². The van der Waals surface area contributed by atoms with E-state index >= 15 is 0 Å². The van der Waals surface area contributed by atoms with Crippen molar-refractivity contribution in [1.82, 2.24) is 0 Å². The topological polar surface area (TPSA) is 169 Å². The van der Waals surface area contributed by atoms with Gasteiger partial charge >= 0.3 is 17.9 Å². The maximum Gasteiger partial charge on any atom is 0.338 e. The molecule has 11 heteroatoms. The Hall–Kier alpha value is -2.83. The first kappa shape index (κ1) is 30.6. The molecule has 1 unspecified atom stereocenters. The van der Waals surface area contributed by atoms with E-state index in [1.165, 1.54) is 27.7 Å². The zero-order valence-electron chi connectivity index (χ0n) is 24.7. The van der Waals surface area contributed by atoms with E-state index in [2.05, 4.69) is 0 Å². The third-order valence-electron chi connectivity index (χ3n) is 10.3. The molecule has 1 aromatic carbocycles. The number of carbonyl (C=O) groups is 3. The molecule has 1 aromatic rings. The lowest BCUT2D eigenvalue weighted by Crippen LogP contribution is -2.78. The SMILES string of the molecule is CC(=O)O[C@H]1C2=C(C)[C@@H](O)CC2(C(C)(C)O)[C@@H](OC(=O)c2ccccc2)[C@@H]2[C@]3(OC(C)=O)CO[C@@H]3C[C@H](O)[C@@]2(C)[C@H]1O. The van der Waals surface area contributed by atoms with Crippen LogP contribution in [0, 0.1) is 16.7 Å². The molecule has 0 radical (unpaired) electrons. The van der Waals surface area contributed by atoms with Gasteiger partial charge in [0.2, 0.25) is 0 Å². The van der Waals surface area contributed by atoms with E-state index in [4.69, 9.17) is 18.9 Å². The van der Waals surface area contributed by atoms with E-state index in [-0.39, 0.29) is 30.6 Å². The van der Waals surface area contributed by atoms with Crippen molar-refractivity contribution >= 4 is 17.9 Å². The maximum absolute atomic E-state index is 13.8. The molecule has 230 valence electrons. The minimum Gasteiger partial charge on any atom is -0.457 e. The molecule has 1 saturated heterocycles. The molecule has 10 atom stereocenters. The molecule has 0 aromatic heterocycles. The van der Waals surface area contributed by atoms with Crippen LogP contribution in [0.1, 0.15) is 64.7 Å². The Morgan fingerprint density at radius 3 is 2.19 bits per heavy atom. The molecule has 0 spiro atoms. The van der Waals surface area contributed by atoms with Gasteiger partial charge in [0.05, 0.1) is 41.3 Å². The van der Waals surface area contributed by atoms with Crippen LogP contribution < -0.4 is 0 Å². The van der Waals surface area contributed by atoms with Crippen molar-refractivity contribution in [2.45, 2.75) is 102 Å². The van der Waals surface area contributed by atoms with E-state index in [9.17, 15) is 34.8 Å². The van der Waals surface area contributed by atoms with Gasteiger partial charge in [0.15, 0.2) is 11.7 Å². The van der Waals surface area contributed by atoms with Gasteiger partial charge in [-0.25, -0.2) is 4.79 Å². The summed E-state index contributed by atoms with van der Waals surface area (Å²) in [5.74, 6) is -3.34. The average molecular weight is 589 g/mol. The smallest absolute Gasteiger partial charge is 0.338 e. The van der Waals surface area contributed by atoms with Crippen LogP contribution in [0.4, 0.5) is 0 Å². The standard InChI is InChI=1S/C31H40O11/c1-15-19(34)13-30(28(4,5)38)22(15)23(40-16(2)32)25(36)29(6)20(35)12-21-31(14-39-21,42-17(3)33)24(29)26(30)41-27(37)18-10-8-7-9-11-18/h7-11,19-21,23-26,34-36,38H,12-14H2,1-6H3/t19-,20-,21+,23-,24-,25-,26-,29+,30?,31-/m0/s1. The molecule has 1 heterocycles. The summed E-state index contributed by atoms with van der Waals surface area (Å²) in [6.07, 6.45) is -7.96. The normalized spacial score (nSPS) is 41.0. The van der Waals surface area contributed by atoms with Crippen LogP contribution in [0.5, 0.6) is 0 Å². The van der Waals surface area contributed by atoms with Crippen molar-refractivity contribution in [2.24, 2.45) is 16.7 Å². The number of aliphatic hydroxyl groups is 4. The molecule has 2 saturated carbocycles. The quantitative estimate of drug-likeness (QED) is 0.223. The maximum atomic E-state index is 13.8. The summed E-state index contributed by atoms with van der Waals surface area (Å²) in [4.78, 5) is 39.0. The second kappa shape index (κ2) is 10.1. The lowest BCUT2D eigenvalue weighted by atomic mass is 9.49. The minimum absolute atomic E-state index is 0.0281. The molecule has 0 bridgehead atoms. The van der Waals surface area contributed by atoms with Gasteiger partial charge in [-0.1, -0.05) is 25.1 Å². The summed E-state index contributed by atoms with van der Waals surface area (Å²) in [6, 6.07) is 8.18.